The zero-order valence-electron chi connectivity index (χ0n) is 19.8. The summed E-state index contributed by atoms with van der Waals surface area (Å²) in [6.07, 6.45) is 3.19. The van der Waals surface area contributed by atoms with Gasteiger partial charge in [-0.3, -0.25) is 0 Å². The minimum Gasteiger partial charge on any atom is -0.356 e. The van der Waals surface area contributed by atoms with E-state index < -0.39 is 15.3 Å². The summed E-state index contributed by atoms with van der Waals surface area (Å²) < 4.78 is 68.2. The van der Waals surface area contributed by atoms with Crippen LogP contribution in [-0.2, 0) is 16.9 Å². The SMILES string of the molecule is CCC(C)CS(=O)(=O)c1ccc(-n2cnc(NC)n2)nc1-c1nc2cc(SC(F)(F)F)cnc2n1C. The van der Waals surface area contributed by atoms with Crippen LogP contribution >= 0.6 is 11.8 Å². The van der Waals surface area contributed by atoms with Crippen molar-refractivity contribution >= 4 is 38.7 Å². The molecule has 36 heavy (non-hydrogen) atoms. The molecule has 4 aromatic heterocycles. The molecule has 0 aliphatic carbocycles. The van der Waals surface area contributed by atoms with Crippen molar-refractivity contribution in [1.29, 1.82) is 0 Å². The van der Waals surface area contributed by atoms with Gasteiger partial charge in [-0.2, -0.15) is 13.2 Å². The third-order valence-corrected chi connectivity index (χ3v) is 8.16. The van der Waals surface area contributed by atoms with Crippen molar-refractivity contribution in [3.05, 3.63) is 30.7 Å². The summed E-state index contributed by atoms with van der Waals surface area (Å²) in [7, 11) is -0.529. The van der Waals surface area contributed by atoms with Crippen LogP contribution in [-0.4, -0.2) is 61.0 Å². The number of nitrogens with one attached hydrogen (secondary N) is 1. The van der Waals surface area contributed by atoms with Crippen LogP contribution in [0.2, 0.25) is 0 Å². The van der Waals surface area contributed by atoms with Gasteiger partial charge in [0, 0.05) is 25.2 Å². The monoisotopic (exact) mass is 540 g/mol. The van der Waals surface area contributed by atoms with E-state index in [4.69, 9.17) is 0 Å². The van der Waals surface area contributed by atoms with Crippen molar-refractivity contribution in [2.75, 3.05) is 18.1 Å². The van der Waals surface area contributed by atoms with Crippen LogP contribution in [0.3, 0.4) is 0 Å². The van der Waals surface area contributed by atoms with Crippen molar-refractivity contribution in [1.82, 2.24) is 34.3 Å². The average Bonchev–Trinajstić information content (AvgIpc) is 3.42. The summed E-state index contributed by atoms with van der Waals surface area (Å²) in [6, 6.07) is 4.21. The van der Waals surface area contributed by atoms with Crippen molar-refractivity contribution in [3.63, 3.8) is 0 Å². The maximum atomic E-state index is 13.4. The lowest BCUT2D eigenvalue weighted by molar-refractivity contribution is -0.0328. The first kappa shape index (κ1) is 25.9. The number of pyridine rings is 2. The summed E-state index contributed by atoms with van der Waals surface area (Å²) in [6.45, 7) is 3.74. The Morgan fingerprint density at radius 2 is 1.94 bits per heavy atom. The van der Waals surface area contributed by atoms with Gasteiger partial charge in [-0.25, -0.2) is 33.0 Å². The van der Waals surface area contributed by atoms with Crippen molar-refractivity contribution in [3.8, 4) is 17.3 Å². The van der Waals surface area contributed by atoms with Gasteiger partial charge in [0.15, 0.2) is 27.1 Å². The van der Waals surface area contributed by atoms with Crippen LogP contribution in [0.5, 0.6) is 0 Å². The predicted molar refractivity (Wildman–Crippen MR) is 130 cm³/mol. The molecule has 15 heteroatoms. The number of anilines is 1. The maximum absolute atomic E-state index is 13.4. The molecule has 0 bridgehead atoms. The number of thioether (sulfide) groups is 1. The lowest BCUT2D eigenvalue weighted by atomic mass is 10.2. The highest BCUT2D eigenvalue weighted by Gasteiger charge is 2.30. The highest BCUT2D eigenvalue weighted by atomic mass is 32.2. The van der Waals surface area contributed by atoms with Gasteiger partial charge < -0.3 is 9.88 Å². The number of halogens is 3. The normalized spacial score (nSPS) is 13.3. The summed E-state index contributed by atoms with van der Waals surface area (Å²) in [5, 5.41) is 7.03. The lowest BCUT2D eigenvalue weighted by Crippen LogP contribution is -2.16. The molecule has 1 unspecified atom stereocenters. The molecule has 0 saturated heterocycles. The number of hydrogen-bond acceptors (Lipinski definition) is 9. The van der Waals surface area contributed by atoms with E-state index in [1.807, 2.05) is 13.8 Å². The zero-order valence-corrected chi connectivity index (χ0v) is 21.4. The van der Waals surface area contributed by atoms with Gasteiger partial charge in [-0.05, 0) is 35.9 Å². The second kappa shape index (κ2) is 9.69. The Hall–Kier alpha value is -3.20. The number of imidazole rings is 1. The van der Waals surface area contributed by atoms with Gasteiger partial charge >= 0.3 is 5.51 Å². The first-order valence-electron chi connectivity index (χ1n) is 10.8. The number of hydrogen-bond donors (Lipinski definition) is 1. The Morgan fingerprint density at radius 3 is 2.58 bits per heavy atom. The summed E-state index contributed by atoms with van der Waals surface area (Å²) in [4.78, 5) is 17.0. The molecular formula is C21H23F3N8O2S2. The molecule has 0 aromatic carbocycles. The zero-order chi connectivity index (χ0) is 26.3. The molecule has 10 nitrogen and oxygen atoms in total. The van der Waals surface area contributed by atoms with Crippen LogP contribution in [0.4, 0.5) is 19.1 Å². The maximum Gasteiger partial charge on any atom is 0.446 e. The molecular weight excluding hydrogens is 517 g/mol. The first-order chi connectivity index (χ1) is 16.9. The second-order valence-electron chi connectivity index (χ2n) is 8.13. The average molecular weight is 541 g/mol. The molecule has 0 aliphatic rings. The Labute approximate surface area is 209 Å². The molecule has 0 amide bonds. The summed E-state index contributed by atoms with van der Waals surface area (Å²) in [5.41, 5.74) is -3.98. The molecule has 1 atom stereocenters. The predicted octanol–water partition coefficient (Wildman–Crippen LogP) is 4.08. The van der Waals surface area contributed by atoms with Crippen molar-refractivity contribution in [2.45, 2.75) is 35.6 Å². The number of rotatable bonds is 8. The number of fused-ring (bicyclic) bond motifs is 1. The van der Waals surface area contributed by atoms with Gasteiger partial charge in [0.25, 0.3) is 0 Å². The minimum absolute atomic E-state index is 0.0381. The molecule has 0 spiro atoms. The molecule has 192 valence electrons. The Balaban J connectivity index is 1.91. The van der Waals surface area contributed by atoms with Gasteiger partial charge in [0.1, 0.15) is 17.5 Å². The van der Waals surface area contributed by atoms with E-state index in [1.54, 1.807) is 14.1 Å². The minimum atomic E-state index is -4.48. The molecule has 4 aromatic rings. The van der Waals surface area contributed by atoms with Crippen molar-refractivity contribution in [2.24, 2.45) is 13.0 Å². The fourth-order valence-corrected chi connectivity index (χ4v) is 5.92. The molecule has 1 N–H and O–H groups in total. The van der Waals surface area contributed by atoms with E-state index in [1.165, 1.54) is 33.8 Å². The number of sulfone groups is 1. The Morgan fingerprint density at radius 1 is 1.19 bits per heavy atom. The van der Waals surface area contributed by atoms with Crippen molar-refractivity contribution < 1.29 is 21.6 Å². The molecule has 4 rings (SSSR count). The largest absolute Gasteiger partial charge is 0.446 e. The summed E-state index contributed by atoms with van der Waals surface area (Å²) >= 11 is -0.300. The van der Waals surface area contributed by atoms with Crippen LogP contribution in [0.25, 0.3) is 28.5 Å². The van der Waals surface area contributed by atoms with Gasteiger partial charge in [-0.1, -0.05) is 20.3 Å². The van der Waals surface area contributed by atoms with Crippen LogP contribution in [0.15, 0.2) is 40.5 Å². The first-order valence-corrected chi connectivity index (χ1v) is 13.3. The van der Waals surface area contributed by atoms with E-state index in [0.717, 1.165) is 6.20 Å². The van der Waals surface area contributed by atoms with Gasteiger partial charge in [0.2, 0.25) is 5.95 Å². The lowest BCUT2D eigenvalue weighted by Gasteiger charge is -2.14. The number of alkyl halides is 3. The van der Waals surface area contributed by atoms with E-state index >= 15 is 0 Å². The Kier molecular flexibility index (Phi) is 6.96. The number of aryl methyl sites for hydroxylation is 1. The quantitative estimate of drug-likeness (QED) is 0.330. The summed E-state index contributed by atoms with van der Waals surface area (Å²) in [5.74, 6) is 0.577. The molecule has 0 fully saturated rings. The van der Waals surface area contributed by atoms with Crippen LogP contribution in [0.1, 0.15) is 20.3 Å². The van der Waals surface area contributed by atoms with Gasteiger partial charge in [-0.15, -0.1) is 5.10 Å². The molecule has 0 radical (unpaired) electrons. The van der Waals surface area contributed by atoms with Gasteiger partial charge in [0.05, 0.1) is 10.6 Å². The van der Waals surface area contributed by atoms with E-state index in [0.29, 0.717) is 12.4 Å². The van der Waals surface area contributed by atoms with Crippen LogP contribution in [0, 0.1) is 5.92 Å². The molecule has 4 heterocycles. The third kappa shape index (κ3) is 5.31. The highest BCUT2D eigenvalue weighted by molar-refractivity contribution is 8.00. The van der Waals surface area contributed by atoms with E-state index in [2.05, 4.69) is 30.4 Å². The van der Waals surface area contributed by atoms with E-state index in [9.17, 15) is 21.6 Å². The Bertz CT molecular complexity index is 1520. The fourth-order valence-electron chi connectivity index (χ4n) is 3.50. The molecule has 0 aliphatic heterocycles. The molecule has 0 saturated carbocycles. The van der Waals surface area contributed by atoms with E-state index in [-0.39, 0.29) is 61.7 Å². The smallest absolute Gasteiger partial charge is 0.356 e. The third-order valence-electron chi connectivity index (χ3n) is 5.46. The number of aromatic nitrogens is 7. The number of nitrogens with zero attached hydrogens (tertiary/aromatic N) is 7. The van der Waals surface area contributed by atoms with Crippen LogP contribution < -0.4 is 5.32 Å². The second-order valence-corrected chi connectivity index (χ2v) is 11.3. The topological polar surface area (TPSA) is 120 Å². The fraction of sp³-hybridized carbons (Fsp3) is 0.381. The standard InChI is InChI=1S/C21H23F3N8O2S2/c1-5-12(2)10-36(33,34)15-6-7-16(32-11-27-20(25-3)30-32)29-17(15)19-28-14-8-13(35-21(22,23)24)9-26-18(14)31(19)4/h6-9,11-12H,5,10H2,1-4H3,(H,25,30). The highest BCUT2D eigenvalue weighted by Crippen LogP contribution is 2.38.